The molecule has 1 atom stereocenters. The van der Waals surface area contributed by atoms with Crippen molar-refractivity contribution >= 4 is 0 Å². The van der Waals surface area contributed by atoms with E-state index in [1.807, 2.05) is 0 Å². The molecule has 0 bridgehead atoms. The lowest BCUT2D eigenvalue weighted by molar-refractivity contribution is -0.0551. The van der Waals surface area contributed by atoms with Crippen LogP contribution >= 0.6 is 0 Å². The average molecular weight is 279 g/mol. The SMILES string of the molecule is OCC#Cc1cc(F)ccc1CN1CCOC(CO)C1. The fourth-order valence-electron chi connectivity index (χ4n) is 2.21. The van der Waals surface area contributed by atoms with Crippen LogP contribution in [0.2, 0.25) is 0 Å². The molecular weight excluding hydrogens is 261 g/mol. The normalized spacial score (nSPS) is 19.4. The van der Waals surface area contributed by atoms with Gasteiger partial charge in [0.25, 0.3) is 0 Å². The van der Waals surface area contributed by atoms with Crippen LogP contribution in [0.3, 0.4) is 0 Å². The van der Waals surface area contributed by atoms with Gasteiger partial charge < -0.3 is 14.9 Å². The lowest BCUT2D eigenvalue weighted by atomic mass is 10.1. The molecule has 2 rings (SSSR count). The van der Waals surface area contributed by atoms with E-state index in [0.717, 1.165) is 12.1 Å². The molecular formula is C15H18FNO3. The number of aliphatic hydroxyl groups is 2. The Hall–Kier alpha value is -1.45. The summed E-state index contributed by atoms with van der Waals surface area (Å²) in [6, 6.07) is 4.49. The van der Waals surface area contributed by atoms with E-state index in [1.165, 1.54) is 12.1 Å². The minimum Gasteiger partial charge on any atom is -0.394 e. The van der Waals surface area contributed by atoms with E-state index >= 15 is 0 Å². The summed E-state index contributed by atoms with van der Waals surface area (Å²) in [6.45, 7) is 2.35. The Morgan fingerprint density at radius 2 is 2.25 bits per heavy atom. The predicted molar refractivity (Wildman–Crippen MR) is 72.5 cm³/mol. The molecule has 0 aliphatic carbocycles. The second-order valence-corrected chi connectivity index (χ2v) is 4.67. The number of rotatable bonds is 3. The first-order valence-corrected chi connectivity index (χ1v) is 6.56. The summed E-state index contributed by atoms with van der Waals surface area (Å²) in [6.07, 6.45) is -0.170. The zero-order valence-corrected chi connectivity index (χ0v) is 11.2. The van der Waals surface area contributed by atoms with Gasteiger partial charge >= 0.3 is 0 Å². The van der Waals surface area contributed by atoms with Gasteiger partial charge in [0, 0.05) is 25.2 Å². The van der Waals surface area contributed by atoms with Gasteiger partial charge in [-0.3, -0.25) is 4.90 Å². The van der Waals surface area contributed by atoms with Gasteiger partial charge in [0.05, 0.1) is 19.3 Å². The zero-order valence-electron chi connectivity index (χ0n) is 11.2. The summed E-state index contributed by atoms with van der Waals surface area (Å²) in [5, 5.41) is 17.9. The molecule has 0 saturated carbocycles. The second kappa shape index (κ2) is 7.36. The lowest BCUT2D eigenvalue weighted by Gasteiger charge is -2.32. The molecule has 0 aromatic heterocycles. The first-order valence-electron chi connectivity index (χ1n) is 6.56. The average Bonchev–Trinajstić information content (AvgIpc) is 2.47. The minimum atomic E-state index is -0.341. The highest BCUT2D eigenvalue weighted by Gasteiger charge is 2.20. The van der Waals surface area contributed by atoms with Crippen LogP contribution in [0.1, 0.15) is 11.1 Å². The summed E-state index contributed by atoms with van der Waals surface area (Å²) in [7, 11) is 0. The summed E-state index contributed by atoms with van der Waals surface area (Å²) in [4.78, 5) is 2.14. The highest BCUT2D eigenvalue weighted by Crippen LogP contribution is 2.15. The Labute approximate surface area is 117 Å². The molecule has 4 nitrogen and oxygen atoms in total. The summed E-state index contributed by atoms with van der Waals surface area (Å²) in [5.74, 6) is 4.97. The predicted octanol–water partition coefficient (Wildman–Crippen LogP) is 0.363. The number of morpholine rings is 1. The standard InChI is InChI=1S/C15H18FNO3/c16-14-4-3-13(12(8-14)2-1-6-18)9-17-5-7-20-15(10-17)11-19/h3-4,8,15,18-19H,5-7,9-11H2. The van der Waals surface area contributed by atoms with Crippen LogP contribution in [0.5, 0.6) is 0 Å². The molecule has 0 amide bonds. The maximum absolute atomic E-state index is 13.3. The van der Waals surface area contributed by atoms with Gasteiger partial charge in [0.15, 0.2) is 0 Å². The van der Waals surface area contributed by atoms with E-state index in [4.69, 9.17) is 14.9 Å². The van der Waals surface area contributed by atoms with Crippen LogP contribution < -0.4 is 0 Å². The number of aliphatic hydroxyl groups excluding tert-OH is 2. The number of hydrogen-bond acceptors (Lipinski definition) is 4. The second-order valence-electron chi connectivity index (χ2n) is 4.67. The van der Waals surface area contributed by atoms with Crippen molar-refractivity contribution in [3.63, 3.8) is 0 Å². The molecule has 0 radical (unpaired) electrons. The van der Waals surface area contributed by atoms with E-state index < -0.39 is 0 Å². The van der Waals surface area contributed by atoms with Crippen LogP contribution in [0.4, 0.5) is 4.39 Å². The molecule has 1 aliphatic heterocycles. The van der Waals surface area contributed by atoms with E-state index in [9.17, 15) is 4.39 Å². The lowest BCUT2D eigenvalue weighted by Crippen LogP contribution is -2.43. The largest absolute Gasteiger partial charge is 0.394 e. The quantitative estimate of drug-likeness (QED) is 0.785. The van der Waals surface area contributed by atoms with Gasteiger partial charge in [-0.2, -0.15) is 0 Å². The topological polar surface area (TPSA) is 52.9 Å². The third-order valence-corrected chi connectivity index (χ3v) is 3.19. The molecule has 5 heteroatoms. The molecule has 1 aromatic carbocycles. The monoisotopic (exact) mass is 279 g/mol. The van der Waals surface area contributed by atoms with Crippen molar-refractivity contribution in [1.29, 1.82) is 0 Å². The molecule has 1 saturated heterocycles. The van der Waals surface area contributed by atoms with Crippen molar-refractivity contribution in [2.45, 2.75) is 12.6 Å². The van der Waals surface area contributed by atoms with Crippen LogP contribution in [0.25, 0.3) is 0 Å². The fourth-order valence-corrected chi connectivity index (χ4v) is 2.21. The van der Waals surface area contributed by atoms with Crippen molar-refractivity contribution in [2.24, 2.45) is 0 Å². The van der Waals surface area contributed by atoms with Gasteiger partial charge in [0.1, 0.15) is 12.4 Å². The highest BCUT2D eigenvalue weighted by molar-refractivity contribution is 5.41. The van der Waals surface area contributed by atoms with Crippen LogP contribution in [-0.2, 0) is 11.3 Å². The molecule has 108 valence electrons. The Morgan fingerprint density at radius 3 is 3.00 bits per heavy atom. The van der Waals surface area contributed by atoms with Gasteiger partial charge in [-0.05, 0) is 17.7 Å². The number of halogens is 1. The van der Waals surface area contributed by atoms with E-state index in [-0.39, 0.29) is 25.1 Å². The molecule has 2 N–H and O–H groups in total. The van der Waals surface area contributed by atoms with E-state index in [2.05, 4.69) is 16.7 Å². The fraction of sp³-hybridized carbons (Fsp3) is 0.467. The third kappa shape index (κ3) is 4.02. The smallest absolute Gasteiger partial charge is 0.124 e. The molecule has 0 spiro atoms. The van der Waals surface area contributed by atoms with Crippen molar-refractivity contribution in [1.82, 2.24) is 4.90 Å². The van der Waals surface area contributed by atoms with Crippen LogP contribution in [0.15, 0.2) is 18.2 Å². The van der Waals surface area contributed by atoms with Gasteiger partial charge in [-0.25, -0.2) is 4.39 Å². The molecule has 1 unspecified atom stereocenters. The molecule has 1 fully saturated rings. The number of benzene rings is 1. The van der Waals surface area contributed by atoms with Crippen LogP contribution in [0, 0.1) is 17.7 Å². The van der Waals surface area contributed by atoms with Gasteiger partial charge in [-0.1, -0.05) is 17.9 Å². The van der Waals surface area contributed by atoms with Gasteiger partial charge in [-0.15, -0.1) is 0 Å². The van der Waals surface area contributed by atoms with Crippen molar-refractivity contribution in [2.75, 3.05) is 32.9 Å². The molecule has 20 heavy (non-hydrogen) atoms. The first-order chi connectivity index (χ1) is 9.72. The molecule has 1 aliphatic rings. The maximum Gasteiger partial charge on any atom is 0.124 e. The number of hydrogen-bond donors (Lipinski definition) is 2. The third-order valence-electron chi connectivity index (χ3n) is 3.19. The zero-order chi connectivity index (χ0) is 14.4. The number of ether oxygens (including phenoxy) is 1. The Balaban J connectivity index is 2.12. The van der Waals surface area contributed by atoms with Crippen molar-refractivity contribution in [3.8, 4) is 11.8 Å². The molecule has 1 aromatic rings. The summed E-state index contributed by atoms with van der Waals surface area (Å²) in [5.41, 5.74) is 1.50. The molecule has 1 heterocycles. The van der Waals surface area contributed by atoms with Crippen LogP contribution in [-0.4, -0.2) is 54.1 Å². The first kappa shape index (κ1) is 14.9. The Bertz CT molecular complexity index is 510. The maximum atomic E-state index is 13.3. The summed E-state index contributed by atoms with van der Waals surface area (Å²) < 4.78 is 18.7. The Morgan fingerprint density at radius 1 is 1.40 bits per heavy atom. The van der Waals surface area contributed by atoms with Crippen molar-refractivity contribution in [3.05, 3.63) is 35.1 Å². The van der Waals surface area contributed by atoms with E-state index in [0.29, 0.717) is 25.3 Å². The highest BCUT2D eigenvalue weighted by atomic mass is 19.1. The number of nitrogens with zero attached hydrogens (tertiary/aromatic N) is 1. The Kier molecular flexibility index (Phi) is 5.50. The summed E-state index contributed by atoms with van der Waals surface area (Å²) >= 11 is 0. The van der Waals surface area contributed by atoms with E-state index in [1.54, 1.807) is 6.07 Å². The van der Waals surface area contributed by atoms with Crippen molar-refractivity contribution < 1.29 is 19.3 Å². The minimum absolute atomic E-state index is 0.00288. The van der Waals surface area contributed by atoms with Gasteiger partial charge in [0.2, 0.25) is 0 Å².